The fourth-order valence-electron chi connectivity index (χ4n) is 2.42. The molecule has 6 heteroatoms. The van der Waals surface area contributed by atoms with Gasteiger partial charge in [0.05, 0.1) is 0 Å². The molecule has 0 unspecified atom stereocenters. The number of nitrogens with zero attached hydrogens (tertiary/aromatic N) is 4. The fraction of sp³-hybridized carbons (Fsp3) is 0.462. The zero-order valence-electron chi connectivity index (χ0n) is 10.8. The van der Waals surface area contributed by atoms with Crippen LogP contribution < -0.4 is 11.5 Å². The Kier molecular flexibility index (Phi) is 3.06. The molecule has 0 spiro atoms. The summed E-state index contributed by atoms with van der Waals surface area (Å²) in [4.78, 5) is 0. The van der Waals surface area contributed by atoms with E-state index in [1.807, 2.05) is 16.8 Å². The fourth-order valence-corrected chi connectivity index (χ4v) is 2.42. The molecule has 2 aromatic rings. The Morgan fingerprint density at radius 2 is 2.11 bits per heavy atom. The second-order valence-corrected chi connectivity index (χ2v) is 5.16. The Labute approximate surface area is 111 Å². The first kappa shape index (κ1) is 12.0. The topological polar surface area (TPSA) is 95.6 Å². The van der Waals surface area contributed by atoms with Crippen LogP contribution >= 0.6 is 0 Å². The summed E-state index contributed by atoms with van der Waals surface area (Å²) in [5.74, 6) is 1.55. The summed E-state index contributed by atoms with van der Waals surface area (Å²) in [7, 11) is 0. The minimum absolute atomic E-state index is 0.611. The molecule has 4 N–H and O–H groups in total. The standard InChI is InChI=1S/C13H18N6/c14-10-4-5-11(12(15)8-10)13-16-17-18-19(13)7-6-9-2-1-3-9/h4-5,8-9H,1-3,6-7,14-15H2. The van der Waals surface area contributed by atoms with Gasteiger partial charge in [0.1, 0.15) is 0 Å². The molecule has 6 nitrogen and oxygen atoms in total. The molecule has 1 saturated carbocycles. The van der Waals surface area contributed by atoms with Gasteiger partial charge in [-0.15, -0.1) is 5.10 Å². The van der Waals surface area contributed by atoms with Crippen LogP contribution in [0, 0.1) is 5.92 Å². The Hall–Kier alpha value is -2.11. The number of nitrogen functional groups attached to an aromatic ring is 2. The number of hydrogen-bond donors (Lipinski definition) is 2. The van der Waals surface area contributed by atoms with Crippen molar-refractivity contribution in [2.45, 2.75) is 32.2 Å². The number of tetrazole rings is 1. The SMILES string of the molecule is Nc1ccc(-c2nnnn2CCC2CCC2)c(N)c1. The van der Waals surface area contributed by atoms with Crippen LogP contribution in [0.3, 0.4) is 0 Å². The molecule has 0 aliphatic heterocycles. The monoisotopic (exact) mass is 258 g/mol. The first-order valence-corrected chi connectivity index (χ1v) is 6.65. The number of anilines is 2. The van der Waals surface area contributed by atoms with E-state index >= 15 is 0 Å². The van der Waals surface area contributed by atoms with Crippen LogP contribution in [-0.4, -0.2) is 20.2 Å². The first-order valence-electron chi connectivity index (χ1n) is 6.65. The van der Waals surface area contributed by atoms with Crippen LogP contribution in [-0.2, 0) is 6.54 Å². The third-order valence-corrected chi connectivity index (χ3v) is 3.82. The van der Waals surface area contributed by atoms with Gasteiger partial charge in [-0.1, -0.05) is 19.3 Å². The molecule has 0 atom stereocenters. The summed E-state index contributed by atoms with van der Waals surface area (Å²) in [5, 5.41) is 11.9. The molecule has 100 valence electrons. The van der Waals surface area contributed by atoms with E-state index in [0.717, 1.165) is 30.3 Å². The van der Waals surface area contributed by atoms with Crippen molar-refractivity contribution >= 4 is 11.4 Å². The van der Waals surface area contributed by atoms with Crippen molar-refractivity contribution in [3.63, 3.8) is 0 Å². The molecule has 0 saturated heterocycles. The van der Waals surface area contributed by atoms with E-state index in [2.05, 4.69) is 15.5 Å². The molecule has 3 rings (SSSR count). The van der Waals surface area contributed by atoms with E-state index in [1.54, 1.807) is 6.07 Å². The van der Waals surface area contributed by atoms with Crippen LogP contribution in [0.25, 0.3) is 11.4 Å². The number of aromatic nitrogens is 4. The predicted molar refractivity (Wildman–Crippen MR) is 74.0 cm³/mol. The number of benzene rings is 1. The molecule has 0 radical (unpaired) electrons. The molecule has 1 heterocycles. The zero-order valence-corrected chi connectivity index (χ0v) is 10.8. The number of aryl methyl sites for hydroxylation is 1. The van der Waals surface area contributed by atoms with Gasteiger partial charge < -0.3 is 11.5 Å². The summed E-state index contributed by atoms with van der Waals surface area (Å²) in [6.45, 7) is 0.844. The summed E-state index contributed by atoms with van der Waals surface area (Å²) >= 11 is 0. The highest BCUT2D eigenvalue weighted by atomic mass is 15.5. The predicted octanol–water partition coefficient (Wildman–Crippen LogP) is 1.69. The molecule has 1 aromatic carbocycles. The van der Waals surface area contributed by atoms with Crippen LogP contribution in [0.1, 0.15) is 25.7 Å². The van der Waals surface area contributed by atoms with Gasteiger partial charge in [0, 0.05) is 23.5 Å². The molecule has 19 heavy (non-hydrogen) atoms. The number of hydrogen-bond acceptors (Lipinski definition) is 5. The average molecular weight is 258 g/mol. The van der Waals surface area contributed by atoms with Gasteiger partial charge in [0.2, 0.25) is 0 Å². The number of nitrogens with two attached hydrogens (primary N) is 2. The van der Waals surface area contributed by atoms with Gasteiger partial charge >= 0.3 is 0 Å². The third-order valence-electron chi connectivity index (χ3n) is 3.82. The maximum atomic E-state index is 5.99. The van der Waals surface area contributed by atoms with Crippen molar-refractivity contribution in [1.82, 2.24) is 20.2 Å². The van der Waals surface area contributed by atoms with E-state index < -0.39 is 0 Å². The van der Waals surface area contributed by atoms with Crippen LogP contribution in [0.2, 0.25) is 0 Å². The lowest BCUT2D eigenvalue weighted by Gasteiger charge is -2.25. The molecular formula is C13H18N6. The Morgan fingerprint density at radius 3 is 2.79 bits per heavy atom. The maximum Gasteiger partial charge on any atom is 0.184 e. The second-order valence-electron chi connectivity index (χ2n) is 5.16. The summed E-state index contributed by atoms with van der Waals surface area (Å²) < 4.78 is 1.83. The maximum absolute atomic E-state index is 5.99. The summed E-state index contributed by atoms with van der Waals surface area (Å²) in [6.07, 6.45) is 5.16. The lowest BCUT2D eigenvalue weighted by Crippen LogP contribution is -2.15. The normalized spacial score (nSPS) is 15.4. The molecule has 1 aliphatic carbocycles. The van der Waals surface area contributed by atoms with E-state index in [4.69, 9.17) is 11.5 Å². The lowest BCUT2D eigenvalue weighted by atomic mass is 9.83. The molecule has 0 bridgehead atoms. The minimum atomic E-state index is 0.611. The quantitative estimate of drug-likeness (QED) is 0.814. The highest BCUT2D eigenvalue weighted by Gasteiger charge is 2.19. The summed E-state index contributed by atoms with van der Waals surface area (Å²) in [6, 6.07) is 5.42. The average Bonchev–Trinajstić information content (AvgIpc) is 2.75. The van der Waals surface area contributed by atoms with Gasteiger partial charge in [-0.3, -0.25) is 0 Å². The van der Waals surface area contributed by atoms with Crippen molar-refractivity contribution in [3.8, 4) is 11.4 Å². The molecule has 1 aliphatic rings. The number of rotatable bonds is 4. The molecular weight excluding hydrogens is 240 g/mol. The van der Waals surface area contributed by atoms with Gasteiger partial charge in [-0.25, -0.2) is 4.68 Å². The second kappa shape index (κ2) is 4.87. The zero-order chi connectivity index (χ0) is 13.2. The molecule has 1 aromatic heterocycles. The van der Waals surface area contributed by atoms with Gasteiger partial charge in [-0.05, 0) is 41.0 Å². The molecule has 0 amide bonds. The van der Waals surface area contributed by atoms with E-state index in [0.29, 0.717) is 11.4 Å². The van der Waals surface area contributed by atoms with Gasteiger partial charge in [0.25, 0.3) is 0 Å². The van der Waals surface area contributed by atoms with E-state index in [9.17, 15) is 0 Å². The Balaban J connectivity index is 1.81. The van der Waals surface area contributed by atoms with Crippen LogP contribution in [0.5, 0.6) is 0 Å². The van der Waals surface area contributed by atoms with Crippen molar-refractivity contribution in [1.29, 1.82) is 0 Å². The van der Waals surface area contributed by atoms with Crippen LogP contribution in [0.4, 0.5) is 11.4 Å². The summed E-state index contributed by atoms with van der Waals surface area (Å²) in [5.41, 5.74) is 13.8. The Morgan fingerprint density at radius 1 is 1.26 bits per heavy atom. The smallest absolute Gasteiger partial charge is 0.184 e. The highest BCUT2D eigenvalue weighted by Crippen LogP contribution is 2.31. The van der Waals surface area contributed by atoms with E-state index in [-0.39, 0.29) is 0 Å². The van der Waals surface area contributed by atoms with Crippen LogP contribution in [0.15, 0.2) is 18.2 Å². The van der Waals surface area contributed by atoms with Crippen molar-refractivity contribution < 1.29 is 0 Å². The van der Waals surface area contributed by atoms with Crippen molar-refractivity contribution in [2.75, 3.05) is 11.5 Å². The van der Waals surface area contributed by atoms with Crippen molar-refractivity contribution in [3.05, 3.63) is 18.2 Å². The van der Waals surface area contributed by atoms with Gasteiger partial charge in [0.15, 0.2) is 5.82 Å². The van der Waals surface area contributed by atoms with Gasteiger partial charge in [-0.2, -0.15) is 0 Å². The Bertz CT molecular complexity index is 572. The molecule has 1 fully saturated rings. The highest BCUT2D eigenvalue weighted by molar-refractivity contribution is 5.74. The first-order chi connectivity index (χ1) is 9.24. The van der Waals surface area contributed by atoms with Crippen molar-refractivity contribution in [2.24, 2.45) is 5.92 Å². The minimum Gasteiger partial charge on any atom is -0.399 e. The van der Waals surface area contributed by atoms with E-state index in [1.165, 1.54) is 19.3 Å². The lowest BCUT2D eigenvalue weighted by molar-refractivity contribution is 0.277. The largest absolute Gasteiger partial charge is 0.399 e. The third kappa shape index (κ3) is 2.38.